The van der Waals surface area contributed by atoms with Crippen LogP contribution in [0.3, 0.4) is 0 Å². The molecule has 0 spiro atoms. The number of aryl methyl sites for hydroxylation is 1. The van der Waals surface area contributed by atoms with E-state index in [0.29, 0.717) is 11.3 Å². The van der Waals surface area contributed by atoms with Gasteiger partial charge in [0.15, 0.2) is 0 Å². The van der Waals surface area contributed by atoms with Crippen LogP contribution in [0.4, 0.5) is 0 Å². The molecule has 0 saturated heterocycles. The minimum atomic E-state index is -0.478. The van der Waals surface area contributed by atoms with Gasteiger partial charge in [0.1, 0.15) is 11.3 Å². The molecule has 1 aromatic rings. The Balaban J connectivity index is 2.13. The number of methoxy groups -OCH3 is 3. The molecule has 0 aliphatic heterocycles. The summed E-state index contributed by atoms with van der Waals surface area (Å²) in [6.07, 6.45) is 4.57. The first-order valence-corrected chi connectivity index (χ1v) is 9.20. The van der Waals surface area contributed by atoms with Gasteiger partial charge < -0.3 is 14.2 Å². The van der Waals surface area contributed by atoms with Gasteiger partial charge in [-0.1, -0.05) is 13.3 Å². The van der Waals surface area contributed by atoms with E-state index in [2.05, 4.69) is 6.92 Å². The maximum absolute atomic E-state index is 12.6. The zero-order valence-corrected chi connectivity index (χ0v) is 16.3. The molecule has 0 unspecified atom stereocenters. The van der Waals surface area contributed by atoms with Crippen molar-refractivity contribution in [2.24, 2.45) is 11.3 Å². The minimum Gasteiger partial charge on any atom is -0.496 e. The average molecular weight is 360 g/mol. The van der Waals surface area contributed by atoms with Crippen molar-refractivity contribution in [1.82, 2.24) is 0 Å². The van der Waals surface area contributed by atoms with Gasteiger partial charge in [0.05, 0.1) is 26.7 Å². The van der Waals surface area contributed by atoms with E-state index in [1.54, 1.807) is 7.11 Å². The van der Waals surface area contributed by atoms with Crippen molar-refractivity contribution in [3.63, 3.8) is 0 Å². The lowest BCUT2D eigenvalue weighted by Gasteiger charge is -2.54. The first kappa shape index (κ1) is 18.7. The normalized spacial score (nSPS) is 30.0. The Morgan fingerprint density at radius 2 is 1.81 bits per heavy atom. The van der Waals surface area contributed by atoms with Crippen molar-refractivity contribution in [3.05, 3.63) is 28.8 Å². The highest BCUT2D eigenvalue weighted by Crippen LogP contribution is 2.58. The minimum absolute atomic E-state index is 0.116. The maximum Gasteiger partial charge on any atom is 0.341 e. The molecule has 0 heterocycles. The predicted octanol–water partition coefficient (Wildman–Crippen LogP) is 3.67. The highest BCUT2D eigenvalue weighted by Gasteiger charge is 2.55. The summed E-state index contributed by atoms with van der Waals surface area (Å²) in [4.78, 5) is 24.7. The van der Waals surface area contributed by atoms with E-state index in [1.165, 1.54) is 19.8 Å². The fourth-order valence-corrected chi connectivity index (χ4v) is 5.41. The van der Waals surface area contributed by atoms with Crippen molar-refractivity contribution in [2.75, 3.05) is 21.3 Å². The number of fused-ring (bicyclic) bond motifs is 3. The van der Waals surface area contributed by atoms with E-state index >= 15 is 0 Å². The van der Waals surface area contributed by atoms with Crippen molar-refractivity contribution in [2.45, 2.75) is 51.4 Å². The van der Waals surface area contributed by atoms with E-state index in [-0.39, 0.29) is 23.3 Å². The zero-order valence-electron chi connectivity index (χ0n) is 16.3. The number of carbonyl (C=O) groups excluding carboxylic acids is 2. The molecule has 0 aromatic heterocycles. The predicted molar refractivity (Wildman–Crippen MR) is 97.5 cm³/mol. The molecule has 142 valence electrons. The lowest BCUT2D eigenvalue weighted by molar-refractivity contribution is -0.161. The molecule has 2 aliphatic carbocycles. The molecule has 1 aromatic carbocycles. The number of benzene rings is 1. The molecule has 0 amide bonds. The summed E-state index contributed by atoms with van der Waals surface area (Å²) in [6, 6.07) is 3.89. The van der Waals surface area contributed by atoms with Gasteiger partial charge in [0.25, 0.3) is 0 Å². The van der Waals surface area contributed by atoms with Gasteiger partial charge in [-0.2, -0.15) is 0 Å². The maximum atomic E-state index is 12.6. The quantitative estimate of drug-likeness (QED) is 0.770. The molecule has 1 fully saturated rings. The highest BCUT2D eigenvalue weighted by molar-refractivity contribution is 5.93. The third-order valence-corrected chi connectivity index (χ3v) is 6.73. The van der Waals surface area contributed by atoms with Gasteiger partial charge in [-0.15, -0.1) is 0 Å². The van der Waals surface area contributed by atoms with Crippen molar-refractivity contribution >= 4 is 11.9 Å². The lowest BCUT2D eigenvalue weighted by atomic mass is 9.49. The van der Waals surface area contributed by atoms with Crippen molar-refractivity contribution in [3.8, 4) is 5.75 Å². The van der Waals surface area contributed by atoms with Gasteiger partial charge in [0, 0.05) is 0 Å². The summed E-state index contributed by atoms with van der Waals surface area (Å²) in [6.45, 7) is 4.29. The summed E-state index contributed by atoms with van der Waals surface area (Å²) >= 11 is 0. The second-order valence-corrected chi connectivity index (χ2v) is 7.97. The standard InChI is InChI=1S/C21H28O5/c1-20-9-6-10-21(2,19(23)26-5)17(20)8-7-13-11-14(18(22)25-4)16(24-3)12-15(13)20/h11-12,17H,6-10H2,1-5H3/t17-,20-,21+/m1/s1. The Bertz CT molecular complexity index is 740. The lowest BCUT2D eigenvalue weighted by Crippen LogP contribution is -2.52. The molecular weight excluding hydrogens is 332 g/mol. The fraction of sp³-hybridized carbons (Fsp3) is 0.619. The second kappa shape index (κ2) is 6.60. The SMILES string of the molecule is COC(=O)c1cc2c(cc1OC)[C@@]1(C)CCC[C@](C)(C(=O)OC)[C@@H]1CC2. The van der Waals surface area contributed by atoms with Crippen LogP contribution in [0.5, 0.6) is 5.75 Å². The Morgan fingerprint density at radius 1 is 1.08 bits per heavy atom. The van der Waals surface area contributed by atoms with Gasteiger partial charge in [-0.05, 0) is 67.2 Å². The summed E-state index contributed by atoms with van der Waals surface area (Å²) < 4.78 is 15.5. The summed E-state index contributed by atoms with van der Waals surface area (Å²) in [5, 5.41) is 0. The van der Waals surface area contributed by atoms with Crippen LogP contribution in [-0.4, -0.2) is 33.3 Å². The first-order chi connectivity index (χ1) is 12.3. The van der Waals surface area contributed by atoms with Crippen LogP contribution in [0, 0.1) is 11.3 Å². The van der Waals surface area contributed by atoms with Crippen LogP contribution in [0.2, 0.25) is 0 Å². The largest absolute Gasteiger partial charge is 0.496 e. The van der Waals surface area contributed by atoms with Crippen LogP contribution in [0.15, 0.2) is 12.1 Å². The second-order valence-electron chi connectivity index (χ2n) is 7.97. The average Bonchev–Trinajstić information content (AvgIpc) is 2.65. The van der Waals surface area contributed by atoms with Gasteiger partial charge in [0.2, 0.25) is 0 Å². The van der Waals surface area contributed by atoms with Crippen LogP contribution in [0.25, 0.3) is 0 Å². The number of esters is 2. The van der Waals surface area contributed by atoms with Crippen molar-refractivity contribution < 1.29 is 23.8 Å². The Kier molecular flexibility index (Phi) is 4.76. The monoisotopic (exact) mass is 360 g/mol. The fourth-order valence-electron chi connectivity index (χ4n) is 5.41. The van der Waals surface area contributed by atoms with Gasteiger partial charge >= 0.3 is 11.9 Å². The van der Waals surface area contributed by atoms with Crippen LogP contribution in [0.1, 0.15) is 61.0 Å². The molecule has 0 N–H and O–H groups in total. The molecule has 3 rings (SSSR count). The number of carbonyl (C=O) groups is 2. The topological polar surface area (TPSA) is 61.8 Å². The smallest absolute Gasteiger partial charge is 0.341 e. The third kappa shape index (κ3) is 2.60. The first-order valence-electron chi connectivity index (χ1n) is 9.20. The van der Waals surface area contributed by atoms with E-state index < -0.39 is 5.41 Å². The number of hydrogen-bond donors (Lipinski definition) is 0. The molecule has 5 heteroatoms. The Hall–Kier alpha value is -2.04. The summed E-state index contributed by atoms with van der Waals surface area (Å²) in [5.41, 5.74) is 2.18. The van der Waals surface area contributed by atoms with Crippen LogP contribution < -0.4 is 4.74 Å². The third-order valence-electron chi connectivity index (χ3n) is 6.73. The zero-order chi connectivity index (χ0) is 19.1. The molecule has 0 bridgehead atoms. The van der Waals surface area contributed by atoms with E-state index in [4.69, 9.17) is 14.2 Å². The Labute approximate surface area is 155 Å². The molecule has 1 saturated carbocycles. The van der Waals surface area contributed by atoms with E-state index in [0.717, 1.165) is 37.7 Å². The van der Waals surface area contributed by atoms with Gasteiger partial charge in [-0.3, -0.25) is 4.79 Å². The van der Waals surface area contributed by atoms with E-state index in [1.807, 2.05) is 19.1 Å². The number of hydrogen-bond acceptors (Lipinski definition) is 5. The summed E-state index contributed by atoms with van der Waals surface area (Å²) in [5.74, 6) is 0.232. The van der Waals surface area contributed by atoms with Crippen LogP contribution >= 0.6 is 0 Å². The number of ether oxygens (including phenoxy) is 3. The molecule has 2 aliphatic rings. The van der Waals surface area contributed by atoms with Crippen molar-refractivity contribution in [1.29, 1.82) is 0 Å². The highest BCUT2D eigenvalue weighted by atomic mass is 16.5. The number of rotatable bonds is 3. The van der Waals surface area contributed by atoms with E-state index in [9.17, 15) is 9.59 Å². The molecular formula is C21H28O5. The molecule has 3 atom stereocenters. The summed E-state index contributed by atoms with van der Waals surface area (Å²) in [7, 11) is 4.42. The Morgan fingerprint density at radius 3 is 2.42 bits per heavy atom. The molecule has 5 nitrogen and oxygen atoms in total. The van der Waals surface area contributed by atoms with Crippen LogP contribution in [-0.2, 0) is 26.1 Å². The molecule has 0 radical (unpaired) electrons. The van der Waals surface area contributed by atoms with Gasteiger partial charge in [-0.25, -0.2) is 4.79 Å². The molecule has 26 heavy (non-hydrogen) atoms.